The molecule has 3 rings (SSSR count). The molecule has 0 spiro atoms. The zero-order valence-electron chi connectivity index (χ0n) is 12.9. The number of fused-ring (bicyclic) bond motifs is 1. The second-order valence-electron chi connectivity index (χ2n) is 5.25. The van der Waals surface area contributed by atoms with E-state index in [1.807, 2.05) is 6.92 Å². The standard InChI is InChI=1S/C17H15BrN2O2S/c1-9-6-10(2)15-14(7-9)23-17(19-15)20-16(21)12-8-11(22-3)4-5-13(12)18/h4-8H,1-3H3,(H,19,20,21). The first-order chi connectivity index (χ1) is 11.0. The van der Waals surface area contributed by atoms with Crippen molar-refractivity contribution in [1.29, 1.82) is 0 Å². The third kappa shape index (κ3) is 3.23. The number of carbonyl (C=O) groups excluding carboxylic acids is 1. The van der Waals surface area contributed by atoms with Gasteiger partial charge in [0.2, 0.25) is 0 Å². The van der Waals surface area contributed by atoms with E-state index in [1.165, 1.54) is 16.9 Å². The molecule has 3 aromatic rings. The number of ether oxygens (including phenoxy) is 1. The van der Waals surface area contributed by atoms with Gasteiger partial charge in [-0.05, 0) is 65.2 Å². The van der Waals surface area contributed by atoms with E-state index in [4.69, 9.17) is 4.74 Å². The predicted molar refractivity (Wildman–Crippen MR) is 97.7 cm³/mol. The van der Waals surface area contributed by atoms with Gasteiger partial charge < -0.3 is 4.74 Å². The molecule has 1 amide bonds. The van der Waals surface area contributed by atoms with Gasteiger partial charge >= 0.3 is 0 Å². The molecular formula is C17H15BrN2O2S. The number of aryl methyl sites for hydroxylation is 2. The van der Waals surface area contributed by atoms with E-state index in [2.05, 4.69) is 45.3 Å². The van der Waals surface area contributed by atoms with Crippen LogP contribution in [0, 0.1) is 13.8 Å². The van der Waals surface area contributed by atoms with Crippen molar-refractivity contribution in [3.05, 3.63) is 51.5 Å². The van der Waals surface area contributed by atoms with Gasteiger partial charge in [-0.1, -0.05) is 17.4 Å². The number of hydrogen-bond acceptors (Lipinski definition) is 4. The number of nitrogens with zero attached hydrogens (tertiary/aromatic N) is 1. The molecule has 0 unspecified atom stereocenters. The summed E-state index contributed by atoms with van der Waals surface area (Å²) in [7, 11) is 1.57. The highest BCUT2D eigenvalue weighted by Crippen LogP contribution is 2.30. The number of benzene rings is 2. The van der Waals surface area contributed by atoms with Crippen LogP contribution in [0.15, 0.2) is 34.8 Å². The number of aromatic nitrogens is 1. The van der Waals surface area contributed by atoms with E-state index < -0.39 is 0 Å². The van der Waals surface area contributed by atoms with Crippen LogP contribution in [0.3, 0.4) is 0 Å². The Kier molecular flexibility index (Phi) is 4.37. The third-order valence-electron chi connectivity index (χ3n) is 3.47. The third-order valence-corrected chi connectivity index (χ3v) is 5.08. The number of thiazole rings is 1. The normalized spacial score (nSPS) is 10.8. The number of hydrogen-bond donors (Lipinski definition) is 1. The number of halogens is 1. The fraction of sp³-hybridized carbons (Fsp3) is 0.176. The summed E-state index contributed by atoms with van der Waals surface area (Å²) in [6.07, 6.45) is 0. The molecule has 0 radical (unpaired) electrons. The molecule has 0 saturated heterocycles. The highest BCUT2D eigenvalue weighted by atomic mass is 79.9. The van der Waals surface area contributed by atoms with E-state index in [9.17, 15) is 4.79 Å². The smallest absolute Gasteiger partial charge is 0.258 e. The maximum absolute atomic E-state index is 12.5. The molecule has 0 fully saturated rings. The lowest BCUT2D eigenvalue weighted by Gasteiger charge is -2.06. The van der Waals surface area contributed by atoms with Crippen LogP contribution in [0.1, 0.15) is 21.5 Å². The summed E-state index contributed by atoms with van der Waals surface area (Å²) in [6, 6.07) is 9.45. The Morgan fingerprint density at radius 3 is 2.78 bits per heavy atom. The minimum absolute atomic E-state index is 0.218. The molecule has 4 nitrogen and oxygen atoms in total. The second-order valence-corrected chi connectivity index (χ2v) is 7.13. The maximum atomic E-state index is 12.5. The Bertz CT molecular complexity index is 905. The maximum Gasteiger partial charge on any atom is 0.258 e. The summed E-state index contributed by atoms with van der Waals surface area (Å²) in [4.78, 5) is 17.0. The molecule has 0 aliphatic heterocycles. The summed E-state index contributed by atoms with van der Waals surface area (Å²) < 4.78 is 6.96. The topological polar surface area (TPSA) is 51.2 Å². The van der Waals surface area contributed by atoms with Gasteiger partial charge in [0.25, 0.3) is 5.91 Å². The van der Waals surface area contributed by atoms with Crippen LogP contribution in [0.25, 0.3) is 10.2 Å². The number of methoxy groups -OCH3 is 1. The summed E-state index contributed by atoms with van der Waals surface area (Å²) in [5.41, 5.74) is 3.74. The highest BCUT2D eigenvalue weighted by Gasteiger charge is 2.14. The Morgan fingerprint density at radius 2 is 2.04 bits per heavy atom. The summed E-state index contributed by atoms with van der Waals surface area (Å²) in [5.74, 6) is 0.415. The Balaban J connectivity index is 1.93. The van der Waals surface area contributed by atoms with Crippen molar-refractivity contribution in [2.45, 2.75) is 13.8 Å². The zero-order chi connectivity index (χ0) is 16.6. The van der Waals surface area contributed by atoms with Crippen LogP contribution in [-0.4, -0.2) is 18.0 Å². The molecule has 6 heteroatoms. The first-order valence-corrected chi connectivity index (χ1v) is 8.61. The van der Waals surface area contributed by atoms with E-state index >= 15 is 0 Å². The number of anilines is 1. The van der Waals surface area contributed by atoms with Crippen molar-refractivity contribution < 1.29 is 9.53 Å². The Morgan fingerprint density at radius 1 is 1.26 bits per heavy atom. The van der Waals surface area contributed by atoms with Gasteiger partial charge in [0, 0.05) is 4.47 Å². The summed E-state index contributed by atoms with van der Waals surface area (Å²) in [6.45, 7) is 4.08. The van der Waals surface area contributed by atoms with E-state index in [1.54, 1.807) is 25.3 Å². The lowest BCUT2D eigenvalue weighted by molar-refractivity contribution is 0.102. The molecule has 0 atom stereocenters. The van der Waals surface area contributed by atoms with Crippen LogP contribution in [0.4, 0.5) is 5.13 Å². The van der Waals surface area contributed by atoms with Crippen molar-refractivity contribution in [2.75, 3.05) is 12.4 Å². The Labute approximate surface area is 146 Å². The van der Waals surface area contributed by atoms with Gasteiger partial charge in [0.1, 0.15) is 5.75 Å². The molecule has 0 saturated carbocycles. The van der Waals surface area contributed by atoms with E-state index in [0.717, 1.165) is 15.8 Å². The minimum atomic E-state index is -0.218. The summed E-state index contributed by atoms with van der Waals surface area (Å²) >= 11 is 4.87. The Hall–Kier alpha value is -1.92. The fourth-order valence-corrected chi connectivity index (χ4v) is 3.86. The van der Waals surface area contributed by atoms with Crippen LogP contribution >= 0.6 is 27.3 Å². The molecule has 0 aliphatic rings. The number of rotatable bonds is 3. The molecule has 1 heterocycles. The highest BCUT2D eigenvalue weighted by molar-refractivity contribution is 9.10. The average Bonchev–Trinajstić information content (AvgIpc) is 2.90. The molecular weight excluding hydrogens is 376 g/mol. The number of nitrogens with one attached hydrogen (secondary N) is 1. The van der Waals surface area contributed by atoms with Crippen LogP contribution in [-0.2, 0) is 0 Å². The molecule has 2 aromatic carbocycles. The quantitative estimate of drug-likeness (QED) is 0.688. The van der Waals surface area contributed by atoms with Gasteiger partial charge in [-0.3, -0.25) is 10.1 Å². The first-order valence-electron chi connectivity index (χ1n) is 7.00. The monoisotopic (exact) mass is 390 g/mol. The van der Waals surface area contributed by atoms with Gasteiger partial charge in [-0.2, -0.15) is 0 Å². The van der Waals surface area contributed by atoms with Crippen molar-refractivity contribution >= 4 is 48.5 Å². The molecule has 118 valence electrons. The predicted octanol–water partition coefficient (Wildman–Crippen LogP) is 4.94. The average molecular weight is 391 g/mol. The zero-order valence-corrected chi connectivity index (χ0v) is 15.3. The largest absolute Gasteiger partial charge is 0.497 e. The minimum Gasteiger partial charge on any atom is -0.497 e. The molecule has 0 aliphatic carbocycles. The van der Waals surface area contributed by atoms with Crippen molar-refractivity contribution in [2.24, 2.45) is 0 Å². The number of carbonyl (C=O) groups is 1. The van der Waals surface area contributed by atoms with Gasteiger partial charge in [-0.15, -0.1) is 0 Å². The lowest BCUT2D eigenvalue weighted by Crippen LogP contribution is -2.12. The SMILES string of the molecule is COc1ccc(Br)c(C(=O)Nc2nc3c(C)cc(C)cc3s2)c1. The van der Waals surface area contributed by atoms with Gasteiger partial charge in [0.05, 0.1) is 22.9 Å². The lowest BCUT2D eigenvalue weighted by atomic mass is 10.1. The molecule has 1 aromatic heterocycles. The van der Waals surface area contributed by atoms with E-state index in [-0.39, 0.29) is 5.91 Å². The van der Waals surface area contributed by atoms with Gasteiger partial charge in [0.15, 0.2) is 5.13 Å². The number of amides is 1. The van der Waals surface area contributed by atoms with Crippen LogP contribution < -0.4 is 10.1 Å². The summed E-state index contributed by atoms with van der Waals surface area (Å²) in [5, 5.41) is 3.46. The molecule has 1 N–H and O–H groups in total. The van der Waals surface area contributed by atoms with Crippen molar-refractivity contribution in [3.8, 4) is 5.75 Å². The first kappa shape index (κ1) is 16.0. The molecule has 23 heavy (non-hydrogen) atoms. The second kappa shape index (κ2) is 6.29. The van der Waals surface area contributed by atoms with Crippen LogP contribution in [0.5, 0.6) is 5.75 Å². The fourth-order valence-electron chi connectivity index (χ4n) is 2.39. The van der Waals surface area contributed by atoms with Crippen LogP contribution in [0.2, 0.25) is 0 Å². The van der Waals surface area contributed by atoms with Crippen molar-refractivity contribution in [3.63, 3.8) is 0 Å². The van der Waals surface area contributed by atoms with Gasteiger partial charge in [-0.25, -0.2) is 4.98 Å². The van der Waals surface area contributed by atoms with Crippen molar-refractivity contribution in [1.82, 2.24) is 4.98 Å². The van der Waals surface area contributed by atoms with E-state index in [0.29, 0.717) is 20.9 Å². The molecule has 0 bridgehead atoms.